The molecule has 6 heteroatoms. The summed E-state index contributed by atoms with van der Waals surface area (Å²) in [5.74, 6) is 0. The van der Waals surface area contributed by atoms with Crippen LogP contribution in [-0.4, -0.2) is 0 Å². The van der Waals surface area contributed by atoms with Crippen molar-refractivity contribution in [3.63, 3.8) is 0 Å². The highest BCUT2D eigenvalue weighted by Gasteiger charge is 0.601. The van der Waals surface area contributed by atoms with Crippen LogP contribution >= 0.6 is 37.2 Å². The van der Waals surface area contributed by atoms with Gasteiger partial charge in [0.25, 0.3) is 0 Å². The van der Waals surface area contributed by atoms with Gasteiger partial charge in [-0.25, -0.2) is 0 Å². The fourth-order valence-corrected chi connectivity index (χ4v) is 0. The lowest BCUT2D eigenvalue weighted by Gasteiger charge is -0.813. The third-order valence-electron chi connectivity index (χ3n) is 0. The van der Waals surface area contributed by atoms with Gasteiger partial charge in [0, 0.05) is 0 Å². The van der Waals surface area contributed by atoms with Gasteiger partial charge in [-0.2, -0.15) is 0 Å². The molecule has 0 aromatic heterocycles. The molecule has 0 rings (SSSR count). The second-order valence-corrected chi connectivity index (χ2v) is 0. The van der Waals surface area contributed by atoms with Crippen molar-refractivity contribution >= 4 is 37.2 Å². The Hall–Kier alpha value is 0.400. The third-order valence-corrected chi connectivity index (χ3v) is 0. The minimum absolute atomic E-state index is 0. The number of hydrogen-bond donors (Lipinski definition) is 0. The molecule has 0 fully saturated rings. The molecule has 0 bridgehead atoms. The van der Waals surface area contributed by atoms with Crippen molar-refractivity contribution in [3.8, 4) is 0 Å². The molecule has 8 heavy (non-hydrogen) atoms. The van der Waals surface area contributed by atoms with E-state index in [4.69, 9.17) is 0 Å². The Bertz CT molecular complexity index is 12.5. The lowest BCUT2D eigenvalue weighted by Crippen LogP contribution is -0.552. The Morgan fingerprint density at radius 1 is 0.500 bits per heavy atom. The van der Waals surface area contributed by atoms with E-state index in [9.17, 15) is 0 Å². The molecule has 0 aliphatic carbocycles. The van der Waals surface area contributed by atoms with Crippen molar-refractivity contribution in [2.24, 2.45) is 0 Å². The molecule has 0 saturated heterocycles. The maximum Gasteiger partial charge on any atom is -0.106 e. The van der Waals surface area contributed by atoms with E-state index in [1.54, 1.807) is 0 Å². The van der Waals surface area contributed by atoms with Crippen molar-refractivity contribution in [3.05, 3.63) is 13.2 Å². The van der Waals surface area contributed by atoms with Gasteiger partial charge in [0.2, 0.25) is 0 Å². The highest BCUT2D eigenvalue weighted by atomic mass is 35.5. The summed E-state index contributed by atoms with van der Waals surface area (Å²) in [7, 11) is 0. The summed E-state index contributed by atoms with van der Waals surface area (Å²) in [5.41, 5.74) is 0. The zero-order valence-electron chi connectivity index (χ0n) is 3.86. The van der Waals surface area contributed by atoms with E-state index in [1.165, 1.54) is 0 Å². The Labute approximate surface area is 65.1 Å². The van der Waals surface area contributed by atoms with E-state index in [0.717, 1.165) is 0 Å². The van der Waals surface area contributed by atoms with Crippen LogP contribution in [0.2, 0.25) is 0 Å². The molecule has 0 radical (unpaired) electrons. The molecule has 0 spiro atoms. The van der Waals surface area contributed by atoms with Gasteiger partial charge < -0.3 is 0 Å². The SMILES string of the molecule is C=C.Cl.Cl.Cl.F.F.F. The lowest BCUT2D eigenvalue weighted by atomic mass is 11.3. The van der Waals surface area contributed by atoms with Gasteiger partial charge in [-0.3, -0.25) is 14.1 Å². The number of rotatable bonds is 0. The second kappa shape index (κ2) is 1890. The largest absolute Gasteiger partial charge is 0.269 e. The lowest BCUT2D eigenvalue weighted by molar-refractivity contribution is 1.11. The highest BCUT2D eigenvalue weighted by Crippen LogP contribution is 0.862. The van der Waals surface area contributed by atoms with Gasteiger partial charge >= 0.3 is 0 Å². The summed E-state index contributed by atoms with van der Waals surface area (Å²) in [6.07, 6.45) is 0. The monoisotopic (exact) mass is 196 g/mol. The van der Waals surface area contributed by atoms with Gasteiger partial charge in [-0.15, -0.1) is 50.4 Å². The van der Waals surface area contributed by atoms with Crippen LogP contribution < -0.4 is 0 Å². The molecule has 0 aliphatic heterocycles. The first-order valence-corrected chi connectivity index (χ1v) is 0.500. The van der Waals surface area contributed by atoms with Crippen LogP contribution in [0.3, 0.4) is 0 Å². The average Bonchev–Trinajstić information content (AvgIpc) is 1.00. The maximum atomic E-state index is 3.00. The van der Waals surface area contributed by atoms with E-state index in [0.29, 0.717) is 0 Å². The predicted molar refractivity (Wildman–Crippen MR) is 40.5 cm³/mol. The van der Waals surface area contributed by atoms with Crippen molar-refractivity contribution in [1.82, 2.24) is 0 Å². The fraction of sp³-hybridized carbons (Fsp3) is 0. The van der Waals surface area contributed by atoms with Crippen LogP contribution in [0.25, 0.3) is 0 Å². The van der Waals surface area contributed by atoms with Crippen LogP contribution in [0.4, 0.5) is 14.1 Å². The number of halogens is 6. The smallest absolute Gasteiger partial charge is 0.106 e. The Kier molecular flexibility index (Phi) is 55600. The topological polar surface area (TPSA) is 0 Å². The molecule has 0 amide bonds. The zero-order chi connectivity index (χ0) is 2.00. The minimum Gasteiger partial charge on any atom is -0.269 e. The molecule has 60 valence electrons. The van der Waals surface area contributed by atoms with Gasteiger partial charge in [0.15, 0.2) is 0 Å². The summed E-state index contributed by atoms with van der Waals surface area (Å²) < 4.78 is 0. The Morgan fingerprint density at radius 2 is 0.500 bits per heavy atom. The second-order valence-electron chi connectivity index (χ2n) is 0. The molecule has 0 aliphatic rings. The van der Waals surface area contributed by atoms with Gasteiger partial charge in [-0.1, -0.05) is 0 Å². The third kappa shape index (κ3) is 1170. The summed E-state index contributed by atoms with van der Waals surface area (Å²) >= 11 is 0. The van der Waals surface area contributed by atoms with Crippen molar-refractivity contribution in [2.75, 3.05) is 0 Å². The maximum absolute atomic E-state index is 3.00. The van der Waals surface area contributed by atoms with Gasteiger partial charge in [0.05, 0.1) is 0 Å². The molecule has 0 heterocycles. The Balaban J connectivity index is -0.000000000333. The van der Waals surface area contributed by atoms with Crippen LogP contribution in [0.15, 0.2) is 13.2 Å². The van der Waals surface area contributed by atoms with Gasteiger partial charge in [0.1, 0.15) is 0 Å². The molecule has 0 aromatic rings. The summed E-state index contributed by atoms with van der Waals surface area (Å²) in [5, 5.41) is 0. The first kappa shape index (κ1) is 235. The van der Waals surface area contributed by atoms with Crippen LogP contribution in [0, 0.1) is 0 Å². The highest BCUT2D eigenvalue weighted by molar-refractivity contribution is 5.86. The van der Waals surface area contributed by atoms with Crippen LogP contribution in [0.1, 0.15) is 0 Å². The minimum atomic E-state index is 0. The summed E-state index contributed by atoms with van der Waals surface area (Å²) in [4.78, 5) is 0. The molecular formula is C2H10Cl3F3. The molecule has 0 N–H and O–H groups in total. The molecule has 0 unspecified atom stereocenters. The standard InChI is InChI=1S/C2H4.3ClH.3FH/c1-2;;;;;;/h1-2H2;6*1H. The van der Waals surface area contributed by atoms with E-state index < -0.39 is 0 Å². The van der Waals surface area contributed by atoms with Crippen LogP contribution in [-0.2, 0) is 0 Å². The average molecular weight is 197 g/mol. The summed E-state index contributed by atoms with van der Waals surface area (Å²) in [6, 6.07) is 0. The van der Waals surface area contributed by atoms with E-state index >= 15 is 0 Å². The molecule has 0 nitrogen and oxygen atoms in total. The van der Waals surface area contributed by atoms with Crippen molar-refractivity contribution in [1.29, 1.82) is 0 Å². The van der Waals surface area contributed by atoms with Gasteiger partial charge in [-0.05, 0) is 0 Å². The molecule has 0 atom stereocenters. The fourth-order valence-electron chi connectivity index (χ4n) is 0. The van der Waals surface area contributed by atoms with Crippen LogP contribution in [0.5, 0.6) is 0 Å². The molecule has 0 saturated carbocycles. The number of hydrogen-bond acceptors (Lipinski definition) is 0. The van der Waals surface area contributed by atoms with Crippen molar-refractivity contribution < 1.29 is 14.1 Å². The summed E-state index contributed by atoms with van der Waals surface area (Å²) in [6.45, 7) is 6.00. The van der Waals surface area contributed by atoms with E-state index in [2.05, 4.69) is 13.2 Å². The normalized spacial score (nSPS) is 0.500. The first-order valence-electron chi connectivity index (χ1n) is 0.500. The van der Waals surface area contributed by atoms with E-state index in [-0.39, 0.29) is 51.3 Å². The quantitative estimate of drug-likeness (QED) is 0.524. The Morgan fingerprint density at radius 3 is 0.500 bits per heavy atom. The van der Waals surface area contributed by atoms with E-state index in [1.807, 2.05) is 0 Å². The first-order chi connectivity index (χ1) is 1.00. The van der Waals surface area contributed by atoms with Crippen molar-refractivity contribution in [2.45, 2.75) is 0 Å². The zero-order valence-corrected chi connectivity index (χ0v) is 6.31. The molecule has 0 aromatic carbocycles. The predicted octanol–water partition coefficient (Wildman–Crippen LogP) is 2.53. The molecular weight excluding hydrogens is 187 g/mol.